The molecule has 20 heavy (non-hydrogen) atoms. The van der Waals surface area contributed by atoms with E-state index in [1.165, 1.54) is 0 Å². The van der Waals surface area contributed by atoms with Gasteiger partial charge in [-0.1, -0.05) is 24.3 Å². The molecule has 3 N–H and O–H groups in total. The van der Waals surface area contributed by atoms with Gasteiger partial charge < -0.3 is 15.8 Å². The van der Waals surface area contributed by atoms with E-state index in [1.807, 2.05) is 38.1 Å². The van der Waals surface area contributed by atoms with Crippen LogP contribution in [-0.4, -0.2) is 18.1 Å². The van der Waals surface area contributed by atoms with E-state index < -0.39 is 6.10 Å². The van der Waals surface area contributed by atoms with Crippen LogP contribution in [0.3, 0.4) is 0 Å². The highest BCUT2D eigenvalue weighted by atomic mass is 16.5. The Kier molecular flexibility index (Phi) is 4.13. The van der Waals surface area contributed by atoms with Crippen LogP contribution >= 0.6 is 0 Å². The molecule has 0 aromatic heterocycles. The average Bonchev–Trinajstić information content (AvgIpc) is 2.41. The Balaban J connectivity index is 2.26. The van der Waals surface area contributed by atoms with E-state index in [4.69, 9.17) is 10.5 Å². The number of rotatable bonds is 4. The zero-order valence-electron chi connectivity index (χ0n) is 12.0. The van der Waals surface area contributed by atoms with Gasteiger partial charge in [0.1, 0.15) is 5.75 Å². The molecular formula is C16H20N2O2. The van der Waals surface area contributed by atoms with E-state index in [2.05, 4.69) is 5.32 Å². The minimum Gasteiger partial charge on any atom is -0.480 e. The van der Waals surface area contributed by atoms with Crippen molar-refractivity contribution in [2.45, 2.75) is 32.9 Å². The summed E-state index contributed by atoms with van der Waals surface area (Å²) < 4.78 is 5.78. The minimum atomic E-state index is -0.551. The van der Waals surface area contributed by atoms with Gasteiger partial charge in [0.25, 0.3) is 5.91 Å². The number of nitrogen functional groups attached to an aromatic ring is 1. The first-order valence-corrected chi connectivity index (χ1v) is 6.73. The summed E-state index contributed by atoms with van der Waals surface area (Å²) >= 11 is 0. The Morgan fingerprint density at radius 3 is 2.40 bits per heavy atom. The zero-order chi connectivity index (χ0) is 14.7. The molecule has 0 saturated carbocycles. The summed E-state index contributed by atoms with van der Waals surface area (Å²) in [5.41, 5.74) is 6.65. The van der Waals surface area contributed by atoms with Crippen LogP contribution in [0, 0.1) is 0 Å². The number of amides is 1. The molecule has 0 fully saturated rings. The largest absolute Gasteiger partial charge is 0.480 e. The van der Waals surface area contributed by atoms with Gasteiger partial charge in [0, 0.05) is 22.5 Å². The lowest BCUT2D eigenvalue weighted by Crippen LogP contribution is -2.40. The van der Waals surface area contributed by atoms with Crippen LogP contribution in [0.4, 0.5) is 5.69 Å². The van der Waals surface area contributed by atoms with Crippen LogP contribution in [0.2, 0.25) is 0 Å². The monoisotopic (exact) mass is 272 g/mol. The number of nitrogens with two attached hydrogens (primary N) is 1. The van der Waals surface area contributed by atoms with Gasteiger partial charge in [-0.3, -0.25) is 4.79 Å². The van der Waals surface area contributed by atoms with Crippen LogP contribution in [-0.2, 0) is 4.79 Å². The minimum absolute atomic E-state index is 0.0942. The predicted molar refractivity (Wildman–Crippen MR) is 81.7 cm³/mol. The lowest BCUT2D eigenvalue weighted by molar-refractivity contribution is -0.127. The van der Waals surface area contributed by atoms with Crippen LogP contribution in [0.5, 0.6) is 5.75 Å². The number of carbonyl (C=O) groups is 1. The lowest BCUT2D eigenvalue weighted by Gasteiger charge is -2.18. The number of hydrogen-bond donors (Lipinski definition) is 2. The molecule has 0 aliphatic carbocycles. The van der Waals surface area contributed by atoms with Crippen molar-refractivity contribution in [2.24, 2.45) is 0 Å². The summed E-state index contributed by atoms with van der Waals surface area (Å²) in [6, 6.07) is 11.4. The fraction of sp³-hybridized carbons (Fsp3) is 0.312. The quantitative estimate of drug-likeness (QED) is 0.841. The van der Waals surface area contributed by atoms with Gasteiger partial charge in [0.15, 0.2) is 6.10 Å². The predicted octanol–water partition coefficient (Wildman–Crippen LogP) is 2.71. The molecule has 2 aromatic rings. The molecule has 0 bridgehead atoms. The zero-order valence-corrected chi connectivity index (χ0v) is 12.0. The standard InChI is InChI=1S/C16H20N2O2/c1-10(2)18-16(19)11(3)20-15-9-8-14(17)12-6-4-5-7-13(12)15/h4-11H,17H2,1-3H3,(H,18,19). The van der Waals surface area contributed by atoms with E-state index in [1.54, 1.807) is 19.1 Å². The third-order valence-corrected chi connectivity index (χ3v) is 3.02. The first-order chi connectivity index (χ1) is 9.49. The van der Waals surface area contributed by atoms with E-state index in [9.17, 15) is 4.79 Å². The Labute approximate surface area is 118 Å². The third kappa shape index (κ3) is 3.02. The average molecular weight is 272 g/mol. The van der Waals surface area contributed by atoms with Gasteiger partial charge in [-0.25, -0.2) is 0 Å². The van der Waals surface area contributed by atoms with Crippen molar-refractivity contribution < 1.29 is 9.53 Å². The second-order valence-corrected chi connectivity index (χ2v) is 5.12. The van der Waals surface area contributed by atoms with Crippen LogP contribution in [0.15, 0.2) is 36.4 Å². The van der Waals surface area contributed by atoms with Gasteiger partial charge in [-0.2, -0.15) is 0 Å². The van der Waals surface area contributed by atoms with Crippen molar-refractivity contribution in [3.05, 3.63) is 36.4 Å². The summed E-state index contributed by atoms with van der Waals surface area (Å²) in [7, 11) is 0. The second-order valence-electron chi connectivity index (χ2n) is 5.12. The van der Waals surface area contributed by atoms with E-state index in [0.29, 0.717) is 11.4 Å². The van der Waals surface area contributed by atoms with E-state index >= 15 is 0 Å². The molecule has 2 aromatic carbocycles. The summed E-state index contributed by atoms with van der Waals surface area (Å²) in [6.07, 6.45) is -0.551. The molecule has 106 valence electrons. The van der Waals surface area contributed by atoms with E-state index in [-0.39, 0.29) is 11.9 Å². The molecule has 0 aliphatic rings. The smallest absolute Gasteiger partial charge is 0.260 e. The Hall–Kier alpha value is -2.23. The summed E-state index contributed by atoms with van der Waals surface area (Å²) in [5, 5.41) is 4.68. The molecule has 0 heterocycles. The van der Waals surface area contributed by atoms with E-state index in [0.717, 1.165) is 10.8 Å². The van der Waals surface area contributed by atoms with Crippen molar-refractivity contribution in [1.29, 1.82) is 0 Å². The van der Waals surface area contributed by atoms with Crippen molar-refractivity contribution in [1.82, 2.24) is 5.32 Å². The Bertz CT molecular complexity index is 623. The highest BCUT2D eigenvalue weighted by Crippen LogP contribution is 2.30. The van der Waals surface area contributed by atoms with Gasteiger partial charge in [0.2, 0.25) is 0 Å². The van der Waals surface area contributed by atoms with Crippen molar-refractivity contribution in [2.75, 3.05) is 5.73 Å². The summed E-state index contributed by atoms with van der Waals surface area (Å²) in [4.78, 5) is 11.9. The van der Waals surface area contributed by atoms with Gasteiger partial charge in [-0.05, 0) is 32.9 Å². The van der Waals surface area contributed by atoms with Gasteiger partial charge >= 0.3 is 0 Å². The molecule has 4 nitrogen and oxygen atoms in total. The SMILES string of the molecule is CC(C)NC(=O)C(C)Oc1ccc(N)c2ccccc12. The molecule has 0 radical (unpaired) electrons. The number of ether oxygens (including phenoxy) is 1. The maximum Gasteiger partial charge on any atom is 0.260 e. The third-order valence-electron chi connectivity index (χ3n) is 3.02. The first-order valence-electron chi connectivity index (χ1n) is 6.73. The Morgan fingerprint density at radius 1 is 1.10 bits per heavy atom. The molecule has 4 heteroatoms. The lowest BCUT2D eigenvalue weighted by atomic mass is 10.1. The topological polar surface area (TPSA) is 64.3 Å². The highest BCUT2D eigenvalue weighted by molar-refractivity contribution is 5.97. The van der Waals surface area contributed by atoms with Crippen molar-refractivity contribution >= 4 is 22.4 Å². The number of hydrogen-bond acceptors (Lipinski definition) is 3. The van der Waals surface area contributed by atoms with Crippen molar-refractivity contribution in [3.8, 4) is 5.75 Å². The molecule has 0 spiro atoms. The highest BCUT2D eigenvalue weighted by Gasteiger charge is 2.16. The van der Waals surface area contributed by atoms with Gasteiger partial charge in [-0.15, -0.1) is 0 Å². The number of benzene rings is 2. The number of nitrogens with one attached hydrogen (secondary N) is 1. The summed E-state index contributed by atoms with van der Waals surface area (Å²) in [5.74, 6) is 0.544. The molecular weight excluding hydrogens is 252 g/mol. The normalized spacial score (nSPS) is 12.4. The fourth-order valence-electron chi connectivity index (χ4n) is 2.04. The second kappa shape index (κ2) is 5.82. The van der Waals surface area contributed by atoms with Crippen LogP contribution in [0.1, 0.15) is 20.8 Å². The fourth-order valence-corrected chi connectivity index (χ4v) is 2.04. The molecule has 0 saturated heterocycles. The maximum absolute atomic E-state index is 11.9. The van der Waals surface area contributed by atoms with Gasteiger partial charge in [0.05, 0.1) is 0 Å². The van der Waals surface area contributed by atoms with Crippen LogP contribution in [0.25, 0.3) is 10.8 Å². The number of carbonyl (C=O) groups excluding carboxylic acids is 1. The molecule has 1 unspecified atom stereocenters. The Morgan fingerprint density at radius 2 is 1.75 bits per heavy atom. The first kappa shape index (κ1) is 14.2. The molecule has 2 rings (SSSR count). The number of fused-ring (bicyclic) bond motifs is 1. The summed E-state index contributed by atoms with van der Waals surface area (Å²) in [6.45, 7) is 5.58. The van der Waals surface area contributed by atoms with Crippen LogP contribution < -0.4 is 15.8 Å². The number of anilines is 1. The van der Waals surface area contributed by atoms with Crippen molar-refractivity contribution in [3.63, 3.8) is 0 Å². The molecule has 1 atom stereocenters. The molecule has 1 amide bonds. The molecule has 0 aliphatic heterocycles. The maximum atomic E-state index is 11.9.